The molecule has 3 aromatic rings. The van der Waals surface area contributed by atoms with Gasteiger partial charge in [-0.1, -0.05) is 23.8 Å². The van der Waals surface area contributed by atoms with Gasteiger partial charge in [0.1, 0.15) is 10.8 Å². The molecule has 0 atom stereocenters. The lowest BCUT2D eigenvalue weighted by Gasteiger charge is -2.32. The summed E-state index contributed by atoms with van der Waals surface area (Å²) in [5.74, 6) is 0.725. The van der Waals surface area contributed by atoms with Crippen molar-refractivity contribution in [3.8, 4) is 5.00 Å². The Labute approximate surface area is 192 Å². The van der Waals surface area contributed by atoms with Gasteiger partial charge in [-0.15, -0.1) is 11.3 Å². The van der Waals surface area contributed by atoms with Gasteiger partial charge in [-0.3, -0.25) is 0 Å². The largest absolute Gasteiger partial charge is 0.351 e. The van der Waals surface area contributed by atoms with Crippen molar-refractivity contribution < 1.29 is 8.42 Å². The quantitative estimate of drug-likeness (QED) is 0.549. The maximum atomic E-state index is 13.4. The van der Waals surface area contributed by atoms with E-state index in [1.807, 2.05) is 31.4 Å². The van der Waals surface area contributed by atoms with Gasteiger partial charge in [0.25, 0.3) is 10.2 Å². The van der Waals surface area contributed by atoms with E-state index < -0.39 is 10.2 Å². The maximum Gasteiger partial charge on any atom is 0.351 e. The van der Waals surface area contributed by atoms with E-state index in [-0.39, 0.29) is 11.6 Å². The van der Waals surface area contributed by atoms with E-state index in [9.17, 15) is 13.2 Å². The molecule has 4 rings (SSSR count). The Morgan fingerprint density at radius 2 is 1.88 bits per heavy atom. The maximum absolute atomic E-state index is 13.4. The lowest BCUT2D eigenvalue weighted by Crippen LogP contribution is -2.44. The second-order valence-corrected chi connectivity index (χ2v) is 11.5. The van der Waals surface area contributed by atoms with Gasteiger partial charge in [0.05, 0.1) is 6.54 Å². The molecular weight excluding hydrogens is 446 g/mol. The molecule has 3 heterocycles. The van der Waals surface area contributed by atoms with Gasteiger partial charge >= 0.3 is 5.69 Å². The number of rotatable bonds is 6. The smallest absolute Gasteiger partial charge is 0.246 e. The zero-order valence-electron chi connectivity index (χ0n) is 18.9. The predicted octanol–water partition coefficient (Wildman–Crippen LogP) is 2.75. The third-order valence-corrected chi connectivity index (χ3v) is 8.82. The van der Waals surface area contributed by atoms with Crippen LogP contribution in [0.3, 0.4) is 0 Å². The summed E-state index contributed by atoms with van der Waals surface area (Å²) in [4.78, 5) is 13.4. The van der Waals surface area contributed by atoms with Gasteiger partial charge in [0.2, 0.25) is 0 Å². The van der Waals surface area contributed by atoms with Gasteiger partial charge < -0.3 is 0 Å². The molecule has 0 spiro atoms. The van der Waals surface area contributed by atoms with Crippen molar-refractivity contribution in [3.63, 3.8) is 0 Å². The second kappa shape index (κ2) is 8.93. The predicted molar refractivity (Wildman–Crippen MR) is 127 cm³/mol. The fourth-order valence-corrected chi connectivity index (χ4v) is 5.97. The Kier molecular flexibility index (Phi) is 6.39. The fourth-order valence-electron chi connectivity index (χ4n) is 4.10. The van der Waals surface area contributed by atoms with Crippen molar-refractivity contribution in [1.82, 2.24) is 23.0 Å². The molecule has 0 bridgehead atoms. The lowest BCUT2D eigenvalue weighted by molar-refractivity contribution is 0.295. The molecule has 0 unspecified atom stereocenters. The zero-order chi connectivity index (χ0) is 23.0. The first-order chi connectivity index (χ1) is 15.2. The third-order valence-electron chi connectivity index (χ3n) is 6.02. The molecule has 8 nitrogen and oxygen atoms in total. The SMILES string of the molecule is Cc1ccc(C)c(Cn2nc(C3CCN(S(=O)(=O)N(C)C)CC3)n(-c3cccs3)c2=O)c1. The monoisotopic (exact) mass is 475 g/mol. The molecule has 1 aromatic carbocycles. The van der Waals surface area contributed by atoms with Crippen molar-refractivity contribution in [2.24, 2.45) is 0 Å². The van der Waals surface area contributed by atoms with E-state index in [0.29, 0.717) is 38.3 Å². The Hall–Kier alpha value is -2.27. The van der Waals surface area contributed by atoms with Crippen LogP contribution in [0.5, 0.6) is 0 Å². The highest BCUT2D eigenvalue weighted by Gasteiger charge is 2.33. The van der Waals surface area contributed by atoms with E-state index in [2.05, 4.69) is 18.2 Å². The molecule has 1 aliphatic heterocycles. The van der Waals surface area contributed by atoms with E-state index in [0.717, 1.165) is 21.7 Å². The number of benzene rings is 1. The number of piperidine rings is 1. The Morgan fingerprint density at radius 1 is 1.16 bits per heavy atom. The Balaban J connectivity index is 1.67. The van der Waals surface area contributed by atoms with E-state index in [4.69, 9.17) is 5.10 Å². The fraction of sp³-hybridized carbons (Fsp3) is 0.455. The van der Waals surface area contributed by atoms with Crippen molar-refractivity contribution in [2.45, 2.75) is 39.2 Å². The molecule has 0 aliphatic carbocycles. The van der Waals surface area contributed by atoms with Crippen LogP contribution in [0.25, 0.3) is 5.00 Å². The Morgan fingerprint density at radius 3 is 2.50 bits per heavy atom. The summed E-state index contributed by atoms with van der Waals surface area (Å²) < 4.78 is 31.0. The van der Waals surface area contributed by atoms with Crippen LogP contribution >= 0.6 is 11.3 Å². The summed E-state index contributed by atoms with van der Waals surface area (Å²) >= 11 is 1.50. The lowest BCUT2D eigenvalue weighted by atomic mass is 9.97. The summed E-state index contributed by atoms with van der Waals surface area (Å²) in [6, 6.07) is 10.1. The summed E-state index contributed by atoms with van der Waals surface area (Å²) in [7, 11) is -0.344. The van der Waals surface area contributed by atoms with Crippen LogP contribution in [0.4, 0.5) is 0 Å². The van der Waals surface area contributed by atoms with Crippen LogP contribution in [0.15, 0.2) is 40.5 Å². The van der Waals surface area contributed by atoms with Gasteiger partial charge in [-0.25, -0.2) is 14.0 Å². The van der Waals surface area contributed by atoms with Crippen LogP contribution in [-0.4, -0.2) is 58.6 Å². The molecule has 0 N–H and O–H groups in total. The van der Waals surface area contributed by atoms with Crippen LogP contribution < -0.4 is 5.69 Å². The summed E-state index contributed by atoms with van der Waals surface area (Å²) in [5, 5.41) is 7.55. The number of thiophene rings is 1. The number of aromatic nitrogens is 3. The normalized spacial score (nSPS) is 16.2. The number of hydrogen-bond donors (Lipinski definition) is 0. The molecule has 1 aliphatic rings. The minimum atomic E-state index is -3.44. The molecule has 0 amide bonds. The van der Waals surface area contributed by atoms with Crippen LogP contribution in [0.2, 0.25) is 0 Å². The van der Waals surface area contributed by atoms with Crippen LogP contribution in [-0.2, 0) is 16.8 Å². The topological polar surface area (TPSA) is 80.4 Å². The molecule has 0 saturated carbocycles. The summed E-state index contributed by atoms with van der Waals surface area (Å²) in [5.41, 5.74) is 3.18. The average Bonchev–Trinajstić information content (AvgIpc) is 3.39. The van der Waals surface area contributed by atoms with E-state index in [1.165, 1.54) is 19.9 Å². The third kappa shape index (κ3) is 4.32. The van der Waals surface area contributed by atoms with Crippen LogP contribution in [0, 0.1) is 13.8 Å². The minimum absolute atomic E-state index is 0.0123. The highest BCUT2D eigenvalue weighted by molar-refractivity contribution is 7.86. The highest BCUT2D eigenvalue weighted by Crippen LogP contribution is 2.30. The number of hydrogen-bond acceptors (Lipinski definition) is 5. The summed E-state index contributed by atoms with van der Waals surface area (Å²) in [6.45, 7) is 5.31. The van der Waals surface area contributed by atoms with Crippen molar-refractivity contribution >= 4 is 21.5 Å². The number of nitrogens with zero attached hydrogens (tertiary/aromatic N) is 5. The van der Waals surface area contributed by atoms with E-state index >= 15 is 0 Å². The number of aryl methyl sites for hydroxylation is 2. The van der Waals surface area contributed by atoms with E-state index in [1.54, 1.807) is 23.3 Å². The Bertz CT molecular complexity index is 1250. The average molecular weight is 476 g/mol. The minimum Gasteiger partial charge on any atom is -0.246 e. The van der Waals surface area contributed by atoms with Crippen molar-refractivity contribution in [1.29, 1.82) is 0 Å². The molecular formula is C22H29N5O3S2. The molecule has 2 aromatic heterocycles. The standard InChI is InChI=1S/C22H29N5O3S2/c1-16-7-8-17(2)19(14-16)15-26-22(28)27(20-6-5-13-31-20)21(23-26)18-9-11-25(12-10-18)32(29,30)24(3)4/h5-8,13-14,18H,9-12,15H2,1-4H3. The molecule has 32 heavy (non-hydrogen) atoms. The summed E-state index contributed by atoms with van der Waals surface area (Å²) in [6.07, 6.45) is 1.25. The van der Waals surface area contributed by atoms with Crippen molar-refractivity contribution in [3.05, 3.63) is 68.7 Å². The first-order valence-electron chi connectivity index (χ1n) is 10.7. The molecule has 10 heteroatoms. The van der Waals surface area contributed by atoms with Gasteiger partial charge in [0.15, 0.2) is 0 Å². The van der Waals surface area contributed by atoms with Gasteiger partial charge in [-0.2, -0.15) is 22.1 Å². The van der Waals surface area contributed by atoms with Crippen molar-refractivity contribution in [2.75, 3.05) is 27.2 Å². The van der Waals surface area contributed by atoms with Gasteiger partial charge in [0, 0.05) is 33.1 Å². The molecule has 1 saturated heterocycles. The first-order valence-corrected chi connectivity index (χ1v) is 12.9. The zero-order valence-corrected chi connectivity index (χ0v) is 20.5. The molecule has 172 valence electrons. The highest BCUT2D eigenvalue weighted by atomic mass is 32.2. The first kappa shape index (κ1) is 22.9. The molecule has 1 fully saturated rings. The second-order valence-electron chi connectivity index (χ2n) is 8.48. The van der Waals surface area contributed by atoms with Crippen LogP contribution in [0.1, 0.15) is 41.3 Å². The van der Waals surface area contributed by atoms with Gasteiger partial charge in [-0.05, 0) is 55.3 Å². The molecule has 0 radical (unpaired) electrons.